The quantitative estimate of drug-likeness (QED) is 0.245. The predicted molar refractivity (Wildman–Crippen MR) is 113 cm³/mol. The van der Waals surface area contributed by atoms with Gasteiger partial charge in [-0.15, -0.1) is 10.2 Å². The van der Waals surface area contributed by atoms with Crippen molar-refractivity contribution in [1.82, 2.24) is 14.8 Å². The van der Waals surface area contributed by atoms with Crippen LogP contribution in [-0.2, 0) is 12.2 Å². The molecule has 3 aromatic carbocycles. The van der Waals surface area contributed by atoms with E-state index in [0.717, 1.165) is 22.2 Å². The third-order valence-electron chi connectivity index (χ3n) is 4.43. The first-order valence-electron chi connectivity index (χ1n) is 9.10. The lowest BCUT2D eigenvalue weighted by atomic mass is 10.1. The van der Waals surface area contributed by atoms with Crippen LogP contribution in [0, 0.1) is 10.1 Å². The molecule has 6 nitrogen and oxygen atoms in total. The summed E-state index contributed by atoms with van der Waals surface area (Å²) in [5.41, 5.74) is 3.27. The van der Waals surface area contributed by atoms with Crippen molar-refractivity contribution >= 4 is 17.4 Å². The van der Waals surface area contributed by atoms with E-state index < -0.39 is 4.92 Å². The van der Waals surface area contributed by atoms with Crippen LogP contribution in [0.1, 0.15) is 17.0 Å². The summed E-state index contributed by atoms with van der Waals surface area (Å²) in [6.45, 7) is 0. The van der Waals surface area contributed by atoms with Gasteiger partial charge < -0.3 is 0 Å². The van der Waals surface area contributed by atoms with Crippen LogP contribution in [-0.4, -0.2) is 19.7 Å². The van der Waals surface area contributed by atoms with Crippen molar-refractivity contribution in [1.29, 1.82) is 0 Å². The highest BCUT2D eigenvalue weighted by Crippen LogP contribution is 2.27. The van der Waals surface area contributed by atoms with Crippen molar-refractivity contribution in [2.24, 2.45) is 0 Å². The summed E-state index contributed by atoms with van der Waals surface area (Å²) in [7, 11) is 0. The second kappa shape index (κ2) is 8.70. The van der Waals surface area contributed by atoms with E-state index in [1.165, 1.54) is 17.7 Å². The van der Waals surface area contributed by atoms with Crippen LogP contribution in [0.2, 0.25) is 0 Å². The van der Waals surface area contributed by atoms with Crippen LogP contribution in [0.3, 0.4) is 0 Å². The molecular formula is C22H18N4O2S. The lowest BCUT2D eigenvalue weighted by Crippen LogP contribution is -2.03. The third kappa shape index (κ3) is 4.52. The first kappa shape index (κ1) is 18.9. The summed E-state index contributed by atoms with van der Waals surface area (Å²) in [4.78, 5) is 10.4. The fourth-order valence-corrected chi connectivity index (χ4v) is 3.91. The van der Waals surface area contributed by atoms with Crippen molar-refractivity contribution < 1.29 is 4.92 Å². The zero-order valence-electron chi connectivity index (χ0n) is 15.5. The van der Waals surface area contributed by atoms with E-state index in [9.17, 15) is 10.1 Å². The maximum atomic E-state index is 10.8. The molecule has 0 N–H and O–H groups in total. The minimum absolute atomic E-state index is 0.0938. The van der Waals surface area contributed by atoms with Crippen molar-refractivity contribution in [3.8, 4) is 5.69 Å². The van der Waals surface area contributed by atoms with Gasteiger partial charge in [0.05, 0.1) is 4.92 Å². The lowest BCUT2D eigenvalue weighted by molar-refractivity contribution is -0.384. The van der Waals surface area contributed by atoms with E-state index in [1.807, 2.05) is 48.5 Å². The molecular weight excluding hydrogens is 384 g/mol. The summed E-state index contributed by atoms with van der Waals surface area (Å²) < 4.78 is 2.07. The first-order valence-corrected chi connectivity index (χ1v) is 10.1. The highest BCUT2D eigenvalue weighted by molar-refractivity contribution is 7.98. The normalized spacial score (nSPS) is 10.8. The summed E-state index contributed by atoms with van der Waals surface area (Å²) in [6.07, 6.45) is 0.681. The monoisotopic (exact) mass is 402 g/mol. The van der Waals surface area contributed by atoms with Gasteiger partial charge >= 0.3 is 0 Å². The standard InChI is InChI=1S/C22H18N4O2S/c27-26(28)20-13-11-18(12-14-20)16-29-22-24-23-21(15-17-7-3-1-4-8-17)25(22)19-9-5-2-6-10-19/h1-14H,15-16H2. The maximum absolute atomic E-state index is 10.8. The first-order chi connectivity index (χ1) is 14.2. The molecule has 4 aromatic rings. The fraction of sp³-hybridized carbons (Fsp3) is 0.0909. The number of nitrogens with zero attached hydrogens (tertiary/aromatic N) is 4. The second-order valence-electron chi connectivity index (χ2n) is 6.44. The summed E-state index contributed by atoms with van der Waals surface area (Å²) >= 11 is 1.56. The van der Waals surface area contributed by atoms with E-state index in [1.54, 1.807) is 23.9 Å². The van der Waals surface area contributed by atoms with Gasteiger partial charge in [-0.3, -0.25) is 14.7 Å². The molecule has 7 heteroatoms. The van der Waals surface area contributed by atoms with Crippen LogP contribution in [0.25, 0.3) is 5.69 Å². The Hall–Kier alpha value is -3.45. The largest absolute Gasteiger partial charge is 0.274 e. The zero-order chi connectivity index (χ0) is 20.1. The Morgan fingerprint density at radius 2 is 1.48 bits per heavy atom. The Morgan fingerprint density at radius 1 is 0.828 bits per heavy atom. The van der Waals surface area contributed by atoms with Crippen LogP contribution >= 0.6 is 11.8 Å². The van der Waals surface area contributed by atoms with Gasteiger partial charge in [-0.2, -0.15) is 0 Å². The molecule has 0 unspecified atom stereocenters. The van der Waals surface area contributed by atoms with Crippen molar-refractivity contribution in [2.45, 2.75) is 17.3 Å². The van der Waals surface area contributed by atoms with Gasteiger partial charge in [-0.25, -0.2) is 0 Å². The van der Waals surface area contributed by atoms with E-state index >= 15 is 0 Å². The molecule has 0 amide bonds. The molecule has 0 saturated heterocycles. The van der Waals surface area contributed by atoms with Crippen molar-refractivity contribution in [2.75, 3.05) is 0 Å². The summed E-state index contributed by atoms with van der Waals surface area (Å²) in [5.74, 6) is 1.52. The molecule has 1 heterocycles. The number of nitro groups is 1. The van der Waals surface area contributed by atoms with Crippen LogP contribution in [0.15, 0.2) is 90.1 Å². The molecule has 0 bridgehead atoms. The topological polar surface area (TPSA) is 73.8 Å². The van der Waals surface area contributed by atoms with Gasteiger partial charge in [0, 0.05) is 30.0 Å². The Balaban J connectivity index is 1.60. The van der Waals surface area contributed by atoms with Gasteiger partial charge in [-0.1, -0.05) is 72.4 Å². The van der Waals surface area contributed by atoms with Gasteiger partial charge in [-0.05, 0) is 23.3 Å². The van der Waals surface area contributed by atoms with Crippen molar-refractivity contribution in [3.63, 3.8) is 0 Å². The SMILES string of the molecule is O=[N+]([O-])c1ccc(CSc2nnc(Cc3ccccc3)n2-c2ccccc2)cc1. The number of rotatable bonds is 7. The Bertz CT molecular complexity index is 1100. The Kier molecular flexibility index (Phi) is 5.67. The second-order valence-corrected chi connectivity index (χ2v) is 7.39. The maximum Gasteiger partial charge on any atom is 0.269 e. The minimum atomic E-state index is -0.390. The number of para-hydroxylation sites is 1. The number of hydrogen-bond donors (Lipinski definition) is 0. The molecule has 0 aliphatic heterocycles. The third-order valence-corrected chi connectivity index (χ3v) is 5.44. The molecule has 29 heavy (non-hydrogen) atoms. The van der Waals surface area contributed by atoms with Gasteiger partial charge in [0.2, 0.25) is 0 Å². The molecule has 0 fully saturated rings. The highest BCUT2D eigenvalue weighted by atomic mass is 32.2. The Labute approximate surface area is 172 Å². The molecule has 4 rings (SSSR count). The number of aromatic nitrogens is 3. The number of non-ortho nitro benzene ring substituents is 1. The van der Waals surface area contributed by atoms with Crippen LogP contribution in [0.4, 0.5) is 5.69 Å². The summed E-state index contributed by atoms with van der Waals surface area (Å²) in [6, 6.07) is 26.8. The molecule has 1 aromatic heterocycles. The highest BCUT2D eigenvalue weighted by Gasteiger charge is 2.15. The predicted octanol–water partition coefficient (Wildman–Crippen LogP) is 5.06. The van der Waals surface area contributed by atoms with Crippen LogP contribution in [0.5, 0.6) is 0 Å². The van der Waals surface area contributed by atoms with Gasteiger partial charge in [0.15, 0.2) is 5.16 Å². The molecule has 0 aliphatic carbocycles. The van der Waals surface area contributed by atoms with E-state index in [2.05, 4.69) is 26.9 Å². The minimum Gasteiger partial charge on any atom is -0.274 e. The van der Waals surface area contributed by atoms with Crippen LogP contribution < -0.4 is 0 Å². The number of thioether (sulfide) groups is 1. The Morgan fingerprint density at radius 3 is 2.14 bits per heavy atom. The average molecular weight is 402 g/mol. The average Bonchev–Trinajstić information content (AvgIpc) is 3.16. The molecule has 0 saturated carbocycles. The molecule has 144 valence electrons. The smallest absolute Gasteiger partial charge is 0.269 e. The lowest BCUT2D eigenvalue weighted by Gasteiger charge is -2.10. The number of hydrogen-bond acceptors (Lipinski definition) is 5. The van der Waals surface area contributed by atoms with E-state index in [-0.39, 0.29) is 5.69 Å². The molecule has 0 atom stereocenters. The molecule has 0 spiro atoms. The van der Waals surface area contributed by atoms with E-state index in [4.69, 9.17) is 0 Å². The van der Waals surface area contributed by atoms with Gasteiger partial charge in [0.1, 0.15) is 5.82 Å². The number of nitro benzene ring substituents is 1. The zero-order valence-corrected chi connectivity index (χ0v) is 16.3. The number of benzene rings is 3. The molecule has 0 aliphatic rings. The van der Waals surface area contributed by atoms with Gasteiger partial charge in [0.25, 0.3) is 5.69 Å². The fourth-order valence-electron chi connectivity index (χ4n) is 2.98. The van der Waals surface area contributed by atoms with E-state index in [0.29, 0.717) is 12.2 Å². The molecule has 0 radical (unpaired) electrons. The van der Waals surface area contributed by atoms with Crippen molar-refractivity contribution in [3.05, 3.63) is 112 Å². The summed E-state index contributed by atoms with van der Waals surface area (Å²) in [5, 5.41) is 20.5.